The van der Waals surface area contributed by atoms with E-state index in [1.54, 1.807) is 0 Å². The third kappa shape index (κ3) is 5.20. The molecular weight excluding hydrogens is 400 g/mol. The van der Waals surface area contributed by atoms with Crippen molar-refractivity contribution in [3.8, 4) is 0 Å². The zero-order valence-electron chi connectivity index (χ0n) is 18.7. The number of hydrogen-bond acceptors (Lipinski definition) is 2. The summed E-state index contributed by atoms with van der Waals surface area (Å²) in [6.45, 7) is 5.11. The Hall–Kier alpha value is -2.55. The van der Waals surface area contributed by atoms with E-state index in [1.807, 2.05) is 0 Å². The van der Waals surface area contributed by atoms with E-state index in [4.69, 9.17) is 11.6 Å². The molecule has 0 aliphatic carbocycles. The van der Waals surface area contributed by atoms with Crippen molar-refractivity contribution in [2.75, 3.05) is 38.6 Å². The van der Waals surface area contributed by atoms with Crippen LogP contribution in [0.1, 0.15) is 33.7 Å². The van der Waals surface area contributed by atoms with Gasteiger partial charge in [-0.1, -0.05) is 72.3 Å². The van der Waals surface area contributed by atoms with Gasteiger partial charge < -0.3 is 4.90 Å². The maximum absolute atomic E-state index is 6.48. The molecule has 3 aromatic carbocycles. The SMILES string of the molecule is Cc1cc2c(cc1Cl)CCN(C/C=C/c1ccc(N(C)C)cc1)CC2c1ccccc1. The normalized spacial score (nSPS) is 16.8. The number of rotatable bonds is 5. The molecule has 31 heavy (non-hydrogen) atoms. The van der Waals surface area contributed by atoms with Crippen LogP contribution in [-0.2, 0) is 6.42 Å². The monoisotopic (exact) mass is 430 g/mol. The molecule has 0 amide bonds. The number of benzene rings is 3. The first-order chi connectivity index (χ1) is 15.0. The van der Waals surface area contributed by atoms with Gasteiger partial charge in [0.25, 0.3) is 0 Å². The third-order valence-corrected chi connectivity index (χ3v) is 6.63. The van der Waals surface area contributed by atoms with Crippen LogP contribution in [0.15, 0.2) is 72.8 Å². The van der Waals surface area contributed by atoms with Crippen LogP contribution < -0.4 is 4.90 Å². The molecule has 0 radical (unpaired) electrons. The fourth-order valence-corrected chi connectivity index (χ4v) is 4.56. The Balaban J connectivity index is 1.54. The minimum Gasteiger partial charge on any atom is -0.378 e. The van der Waals surface area contributed by atoms with E-state index in [1.165, 1.54) is 27.9 Å². The minimum absolute atomic E-state index is 0.363. The van der Waals surface area contributed by atoms with Gasteiger partial charge in [0.2, 0.25) is 0 Å². The fourth-order valence-electron chi connectivity index (χ4n) is 4.37. The average Bonchev–Trinajstić information content (AvgIpc) is 2.95. The molecule has 160 valence electrons. The topological polar surface area (TPSA) is 6.48 Å². The van der Waals surface area contributed by atoms with Gasteiger partial charge in [0, 0.05) is 50.4 Å². The van der Waals surface area contributed by atoms with Crippen molar-refractivity contribution in [1.82, 2.24) is 4.90 Å². The second-order valence-electron chi connectivity index (χ2n) is 8.66. The number of hydrogen-bond donors (Lipinski definition) is 0. The Labute approximate surface area is 191 Å². The summed E-state index contributed by atoms with van der Waals surface area (Å²) in [5, 5.41) is 0.875. The molecule has 0 bridgehead atoms. The zero-order chi connectivity index (χ0) is 21.8. The Bertz CT molecular complexity index is 1040. The maximum Gasteiger partial charge on any atom is 0.0438 e. The summed E-state index contributed by atoms with van der Waals surface area (Å²) in [5.74, 6) is 0.363. The smallest absolute Gasteiger partial charge is 0.0438 e. The number of halogens is 1. The van der Waals surface area contributed by atoms with Crippen molar-refractivity contribution in [2.24, 2.45) is 0 Å². The van der Waals surface area contributed by atoms with Crippen molar-refractivity contribution in [3.05, 3.63) is 106 Å². The molecule has 0 aromatic heterocycles. The van der Waals surface area contributed by atoms with Crippen molar-refractivity contribution >= 4 is 23.4 Å². The van der Waals surface area contributed by atoms with Gasteiger partial charge in [-0.2, -0.15) is 0 Å². The van der Waals surface area contributed by atoms with Crippen molar-refractivity contribution in [3.63, 3.8) is 0 Å². The summed E-state index contributed by atoms with van der Waals surface area (Å²) < 4.78 is 0. The second-order valence-corrected chi connectivity index (χ2v) is 9.07. The highest BCUT2D eigenvalue weighted by Crippen LogP contribution is 2.34. The number of aryl methyl sites for hydroxylation is 1. The molecule has 0 N–H and O–H groups in total. The Morgan fingerprint density at radius 3 is 2.48 bits per heavy atom. The average molecular weight is 431 g/mol. The molecule has 1 unspecified atom stereocenters. The highest BCUT2D eigenvalue weighted by molar-refractivity contribution is 6.31. The molecule has 0 saturated carbocycles. The molecule has 1 atom stereocenters. The summed E-state index contributed by atoms with van der Waals surface area (Å²) in [6.07, 6.45) is 5.56. The van der Waals surface area contributed by atoms with Crippen molar-refractivity contribution in [2.45, 2.75) is 19.3 Å². The summed E-state index contributed by atoms with van der Waals surface area (Å²) in [4.78, 5) is 4.69. The van der Waals surface area contributed by atoms with E-state index in [0.717, 1.165) is 36.6 Å². The van der Waals surface area contributed by atoms with Gasteiger partial charge >= 0.3 is 0 Å². The van der Waals surface area contributed by atoms with Gasteiger partial charge in [0.15, 0.2) is 0 Å². The van der Waals surface area contributed by atoms with Crippen LogP contribution in [0.4, 0.5) is 5.69 Å². The summed E-state index contributed by atoms with van der Waals surface area (Å²) >= 11 is 6.48. The number of anilines is 1. The van der Waals surface area contributed by atoms with E-state index in [2.05, 4.69) is 110 Å². The van der Waals surface area contributed by atoms with E-state index in [0.29, 0.717) is 5.92 Å². The number of nitrogens with zero attached hydrogens (tertiary/aromatic N) is 2. The van der Waals surface area contributed by atoms with Crippen LogP contribution in [0.2, 0.25) is 5.02 Å². The molecular formula is C28H31ClN2. The quantitative estimate of drug-likeness (QED) is 0.461. The van der Waals surface area contributed by atoms with Crippen LogP contribution in [0.5, 0.6) is 0 Å². The molecule has 1 aliphatic heterocycles. The highest BCUT2D eigenvalue weighted by Gasteiger charge is 2.24. The predicted molar refractivity (Wildman–Crippen MR) is 134 cm³/mol. The molecule has 1 aliphatic rings. The summed E-state index contributed by atoms with van der Waals surface area (Å²) in [5.41, 5.74) is 7.82. The van der Waals surface area contributed by atoms with Gasteiger partial charge in [0.1, 0.15) is 0 Å². The van der Waals surface area contributed by atoms with Gasteiger partial charge in [-0.3, -0.25) is 4.90 Å². The van der Waals surface area contributed by atoms with Gasteiger partial charge in [-0.25, -0.2) is 0 Å². The first kappa shape index (κ1) is 21.7. The van der Waals surface area contributed by atoms with Crippen LogP contribution >= 0.6 is 11.6 Å². The number of fused-ring (bicyclic) bond motifs is 1. The lowest BCUT2D eigenvalue weighted by atomic mass is 9.87. The summed E-state index contributed by atoms with van der Waals surface area (Å²) in [7, 11) is 4.14. The maximum atomic E-state index is 6.48. The van der Waals surface area contributed by atoms with E-state index in [-0.39, 0.29) is 0 Å². The lowest BCUT2D eigenvalue weighted by Gasteiger charge is -2.24. The van der Waals surface area contributed by atoms with E-state index < -0.39 is 0 Å². The lowest BCUT2D eigenvalue weighted by molar-refractivity contribution is 0.306. The Morgan fingerprint density at radius 2 is 1.77 bits per heavy atom. The van der Waals surface area contributed by atoms with Crippen LogP contribution in [-0.4, -0.2) is 38.6 Å². The lowest BCUT2D eigenvalue weighted by Crippen LogP contribution is -2.29. The van der Waals surface area contributed by atoms with Gasteiger partial charge in [0.05, 0.1) is 0 Å². The molecule has 3 aromatic rings. The van der Waals surface area contributed by atoms with E-state index >= 15 is 0 Å². The first-order valence-electron chi connectivity index (χ1n) is 11.0. The fraction of sp³-hybridized carbons (Fsp3) is 0.286. The minimum atomic E-state index is 0.363. The highest BCUT2D eigenvalue weighted by atomic mass is 35.5. The molecule has 1 heterocycles. The van der Waals surface area contributed by atoms with E-state index in [9.17, 15) is 0 Å². The second kappa shape index (κ2) is 9.72. The largest absolute Gasteiger partial charge is 0.378 e. The van der Waals surface area contributed by atoms with Gasteiger partial charge in [-0.15, -0.1) is 0 Å². The third-order valence-electron chi connectivity index (χ3n) is 6.22. The van der Waals surface area contributed by atoms with Crippen LogP contribution in [0.25, 0.3) is 6.08 Å². The first-order valence-corrected chi connectivity index (χ1v) is 11.4. The van der Waals surface area contributed by atoms with Crippen LogP contribution in [0.3, 0.4) is 0 Å². The molecule has 0 spiro atoms. The standard InChI is InChI=1S/C28H31ClN2/c1-21-18-26-24(19-28(21)29)15-17-31(20-27(26)23-9-5-4-6-10-23)16-7-8-22-11-13-25(14-12-22)30(2)3/h4-14,18-19,27H,15-17,20H2,1-3H3/b8-7+. The molecule has 3 heteroatoms. The molecule has 0 fully saturated rings. The molecule has 2 nitrogen and oxygen atoms in total. The molecule has 4 rings (SSSR count). The van der Waals surface area contributed by atoms with Crippen LogP contribution in [0, 0.1) is 6.92 Å². The Morgan fingerprint density at radius 1 is 1.03 bits per heavy atom. The van der Waals surface area contributed by atoms with Crippen molar-refractivity contribution < 1.29 is 0 Å². The van der Waals surface area contributed by atoms with Crippen molar-refractivity contribution in [1.29, 1.82) is 0 Å². The van der Waals surface area contributed by atoms with Gasteiger partial charge in [-0.05, 0) is 59.4 Å². The predicted octanol–water partition coefficient (Wildman–Crippen LogP) is 6.42. The Kier molecular flexibility index (Phi) is 6.80. The molecule has 0 saturated heterocycles. The summed E-state index contributed by atoms with van der Waals surface area (Å²) in [6, 6.07) is 24.1. The zero-order valence-corrected chi connectivity index (χ0v) is 19.4.